The molecular weight excluding hydrogens is 150 g/mol. The average Bonchev–Trinajstić information content (AvgIpc) is 2.05. The van der Waals surface area contributed by atoms with Gasteiger partial charge < -0.3 is 0 Å². The van der Waals surface area contributed by atoms with Gasteiger partial charge in [-0.25, -0.2) is 0 Å². The molecule has 0 N–H and O–H groups in total. The van der Waals surface area contributed by atoms with Crippen LogP contribution in [0.3, 0.4) is 0 Å². The van der Waals surface area contributed by atoms with Crippen molar-refractivity contribution in [2.75, 3.05) is 0 Å². The lowest BCUT2D eigenvalue weighted by molar-refractivity contribution is -0.113. The zero-order valence-electron chi connectivity index (χ0n) is 8.18. The lowest BCUT2D eigenvalue weighted by Crippen LogP contribution is -2.00. The molecule has 68 valence electrons. The zero-order chi connectivity index (χ0) is 9.56. The third-order valence-corrected chi connectivity index (χ3v) is 1.80. The van der Waals surface area contributed by atoms with E-state index in [9.17, 15) is 4.79 Å². The van der Waals surface area contributed by atoms with E-state index in [1.54, 1.807) is 6.92 Å². The van der Waals surface area contributed by atoms with E-state index in [4.69, 9.17) is 0 Å². The van der Waals surface area contributed by atoms with Gasteiger partial charge >= 0.3 is 0 Å². The van der Waals surface area contributed by atoms with Crippen LogP contribution in [0, 0.1) is 0 Å². The molecule has 0 aliphatic carbocycles. The summed E-state index contributed by atoms with van der Waals surface area (Å²) < 4.78 is 0. The van der Waals surface area contributed by atoms with Crippen molar-refractivity contribution in [1.29, 1.82) is 0 Å². The smallest absolute Gasteiger partial charge is 0.157 e. The molecule has 0 saturated carbocycles. The molecule has 0 spiro atoms. The SMILES string of the molecule is C=N/C(CC)=C(/CCC)C(C)=O. The van der Waals surface area contributed by atoms with E-state index in [1.807, 2.05) is 6.92 Å². The van der Waals surface area contributed by atoms with Crippen molar-refractivity contribution in [3.05, 3.63) is 11.3 Å². The zero-order valence-corrected chi connectivity index (χ0v) is 8.18. The van der Waals surface area contributed by atoms with Crippen molar-refractivity contribution in [3.63, 3.8) is 0 Å². The summed E-state index contributed by atoms with van der Waals surface area (Å²) in [6.45, 7) is 9.09. The first kappa shape index (κ1) is 11.1. The highest BCUT2D eigenvalue weighted by molar-refractivity contribution is 5.94. The van der Waals surface area contributed by atoms with Crippen LogP contribution in [-0.4, -0.2) is 12.5 Å². The summed E-state index contributed by atoms with van der Waals surface area (Å²) in [6.07, 6.45) is 2.59. The first-order valence-electron chi connectivity index (χ1n) is 4.37. The summed E-state index contributed by atoms with van der Waals surface area (Å²) in [6, 6.07) is 0. The Labute approximate surface area is 74.4 Å². The molecule has 0 fully saturated rings. The van der Waals surface area contributed by atoms with Gasteiger partial charge in [0.15, 0.2) is 5.78 Å². The Bertz CT molecular complexity index is 204. The lowest BCUT2D eigenvalue weighted by Gasteiger charge is -2.05. The number of nitrogens with zero attached hydrogens (tertiary/aromatic N) is 1. The summed E-state index contributed by atoms with van der Waals surface area (Å²) in [5, 5.41) is 0. The maximum absolute atomic E-state index is 11.1. The van der Waals surface area contributed by atoms with Gasteiger partial charge in [0, 0.05) is 11.3 Å². The number of carbonyl (C=O) groups excluding carboxylic acids is 1. The van der Waals surface area contributed by atoms with Crippen molar-refractivity contribution < 1.29 is 4.79 Å². The third kappa shape index (κ3) is 2.99. The highest BCUT2D eigenvalue weighted by atomic mass is 16.1. The molecule has 0 atom stereocenters. The number of carbonyl (C=O) groups is 1. The van der Waals surface area contributed by atoms with Gasteiger partial charge in [0.2, 0.25) is 0 Å². The van der Waals surface area contributed by atoms with Crippen molar-refractivity contribution in [1.82, 2.24) is 0 Å². The second kappa shape index (κ2) is 5.70. The molecule has 0 aromatic carbocycles. The molecule has 0 amide bonds. The molecule has 0 heterocycles. The number of allylic oxidation sites excluding steroid dienone is 2. The fourth-order valence-electron chi connectivity index (χ4n) is 1.19. The van der Waals surface area contributed by atoms with E-state index in [-0.39, 0.29) is 5.78 Å². The highest BCUT2D eigenvalue weighted by Gasteiger charge is 2.07. The van der Waals surface area contributed by atoms with E-state index in [1.165, 1.54) is 0 Å². The van der Waals surface area contributed by atoms with Gasteiger partial charge in [0.05, 0.1) is 0 Å². The minimum atomic E-state index is 0.126. The number of Topliss-reactive ketones (excluding diaryl/α,β-unsaturated/α-hetero) is 1. The predicted octanol–water partition coefficient (Wildman–Crippen LogP) is 2.74. The maximum atomic E-state index is 11.1. The third-order valence-electron chi connectivity index (χ3n) is 1.80. The van der Waals surface area contributed by atoms with E-state index < -0.39 is 0 Å². The summed E-state index contributed by atoms with van der Waals surface area (Å²) >= 11 is 0. The Morgan fingerprint density at radius 2 is 2.00 bits per heavy atom. The van der Waals surface area contributed by atoms with Crippen molar-refractivity contribution in [2.45, 2.75) is 40.0 Å². The fraction of sp³-hybridized carbons (Fsp3) is 0.600. The summed E-state index contributed by atoms with van der Waals surface area (Å²) in [5.74, 6) is 0.126. The Hall–Kier alpha value is -0.920. The molecule has 2 heteroatoms. The summed E-state index contributed by atoms with van der Waals surface area (Å²) in [7, 11) is 0. The molecule has 0 aromatic heterocycles. The van der Waals surface area contributed by atoms with E-state index in [0.29, 0.717) is 0 Å². The van der Waals surface area contributed by atoms with Gasteiger partial charge in [-0.15, -0.1) is 0 Å². The first-order valence-corrected chi connectivity index (χ1v) is 4.37. The largest absolute Gasteiger partial charge is 0.295 e. The van der Waals surface area contributed by atoms with E-state index >= 15 is 0 Å². The minimum Gasteiger partial charge on any atom is -0.295 e. The van der Waals surface area contributed by atoms with Crippen LogP contribution in [0.25, 0.3) is 0 Å². The van der Waals surface area contributed by atoms with E-state index in [0.717, 1.165) is 30.5 Å². The summed E-state index contributed by atoms with van der Waals surface area (Å²) in [4.78, 5) is 15.0. The molecule has 12 heavy (non-hydrogen) atoms. The lowest BCUT2D eigenvalue weighted by atomic mass is 10.0. The van der Waals surface area contributed by atoms with Crippen LogP contribution in [0.5, 0.6) is 0 Å². The van der Waals surface area contributed by atoms with Gasteiger partial charge in [-0.3, -0.25) is 9.79 Å². The van der Waals surface area contributed by atoms with Crippen LogP contribution >= 0.6 is 0 Å². The number of aliphatic imine (C=N–C) groups is 1. The second-order valence-electron chi connectivity index (χ2n) is 2.74. The number of rotatable bonds is 5. The monoisotopic (exact) mass is 167 g/mol. The molecule has 0 aliphatic rings. The predicted molar refractivity (Wildman–Crippen MR) is 52.5 cm³/mol. The molecule has 2 nitrogen and oxygen atoms in total. The van der Waals surface area contributed by atoms with Crippen LogP contribution < -0.4 is 0 Å². The van der Waals surface area contributed by atoms with Gasteiger partial charge in [-0.2, -0.15) is 0 Å². The number of hydrogen-bond acceptors (Lipinski definition) is 2. The van der Waals surface area contributed by atoms with Crippen LogP contribution in [0.4, 0.5) is 0 Å². The van der Waals surface area contributed by atoms with Crippen molar-refractivity contribution in [3.8, 4) is 0 Å². The molecule has 0 aromatic rings. The number of ketones is 1. The Morgan fingerprint density at radius 1 is 1.42 bits per heavy atom. The average molecular weight is 167 g/mol. The highest BCUT2D eigenvalue weighted by Crippen LogP contribution is 2.15. The first-order chi connectivity index (χ1) is 5.67. The van der Waals surface area contributed by atoms with Gasteiger partial charge in [0.1, 0.15) is 0 Å². The maximum Gasteiger partial charge on any atom is 0.157 e. The molecule has 0 unspecified atom stereocenters. The van der Waals surface area contributed by atoms with Crippen LogP contribution in [0.2, 0.25) is 0 Å². The van der Waals surface area contributed by atoms with Gasteiger partial charge in [-0.05, 0) is 26.5 Å². The summed E-state index contributed by atoms with van der Waals surface area (Å²) in [5.41, 5.74) is 1.69. The molecule has 0 bridgehead atoms. The Balaban J connectivity index is 4.75. The van der Waals surface area contributed by atoms with Crippen LogP contribution in [-0.2, 0) is 4.79 Å². The second-order valence-corrected chi connectivity index (χ2v) is 2.74. The quantitative estimate of drug-likeness (QED) is 0.457. The van der Waals surface area contributed by atoms with Crippen LogP contribution in [0.1, 0.15) is 40.0 Å². The fourth-order valence-corrected chi connectivity index (χ4v) is 1.19. The molecule has 0 radical (unpaired) electrons. The molecule has 0 aliphatic heterocycles. The Kier molecular flexibility index (Phi) is 5.26. The van der Waals surface area contributed by atoms with Crippen molar-refractivity contribution >= 4 is 12.5 Å². The minimum absolute atomic E-state index is 0.126. The number of hydrogen-bond donors (Lipinski definition) is 0. The molecular formula is C10H17NO. The Morgan fingerprint density at radius 3 is 2.25 bits per heavy atom. The van der Waals surface area contributed by atoms with Gasteiger partial charge in [0.25, 0.3) is 0 Å². The topological polar surface area (TPSA) is 29.4 Å². The van der Waals surface area contributed by atoms with Gasteiger partial charge in [-0.1, -0.05) is 20.3 Å². The standard InChI is InChI=1S/C10H17NO/c1-5-7-9(8(3)12)10(6-2)11-4/h4-7H2,1-3H3/b10-9-. The van der Waals surface area contributed by atoms with Crippen molar-refractivity contribution in [2.24, 2.45) is 4.99 Å². The normalized spacial score (nSPS) is 12.2. The van der Waals surface area contributed by atoms with E-state index in [2.05, 4.69) is 18.6 Å². The molecule has 0 rings (SSSR count). The van der Waals surface area contributed by atoms with Crippen LogP contribution in [0.15, 0.2) is 16.3 Å². The molecule has 0 saturated heterocycles.